The number of aliphatic hydroxyl groups is 5. The first-order chi connectivity index (χ1) is 28.4. The van der Waals surface area contributed by atoms with Crippen LogP contribution in [0.15, 0.2) is 24.3 Å². The number of carbonyl (C=O) groups excluding carboxylic acids is 1. The van der Waals surface area contributed by atoms with Gasteiger partial charge in [-0.1, -0.05) is 173 Å². The van der Waals surface area contributed by atoms with Crippen LogP contribution >= 0.6 is 0 Å². The van der Waals surface area contributed by atoms with Gasteiger partial charge < -0.3 is 40.3 Å². The molecule has 1 fully saturated rings. The zero-order valence-electron chi connectivity index (χ0n) is 36.7. The van der Waals surface area contributed by atoms with Crippen LogP contribution in [-0.4, -0.2) is 107 Å². The molecule has 1 amide bonds. The number of nitrogens with one attached hydrogen (secondary N) is 1. The first-order valence-electron chi connectivity index (χ1n) is 23.3. The first kappa shape index (κ1) is 55.6. The molecule has 348 valence electrons. The Bertz CT molecular complexity index is 1170. The number of carbonyl (C=O) groups is 1. The number of aliphatic hydroxyl groups excluding tert-OH is 5. The average molecular weight is 864 g/mol. The standard InChI is InChI=1S/C45H85NO12S/c1-3-5-7-9-11-13-14-15-16-17-18-19-20-21-22-23-24-26-28-30-32-34-39(49)44(52)46-37(38(48)33-31-29-27-25-12-10-8-6-4-2)36-56-45-42(51)43(58-59(53,54)55)41(50)40(35-47)57-45/h20-21,31,33,37-43,45,47-51H,3-19,22-30,32,34-36H2,1-2H3,(H,46,52)(H,53,54,55)/b21-20-,33-31+. The van der Waals surface area contributed by atoms with Crippen molar-refractivity contribution in [1.82, 2.24) is 5.32 Å². The van der Waals surface area contributed by atoms with Crippen molar-refractivity contribution in [2.45, 2.75) is 243 Å². The van der Waals surface area contributed by atoms with E-state index in [1.165, 1.54) is 109 Å². The summed E-state index contributed by atoms with van der Waals surface area (Å²) in [7, 11) is -5.11. The van der Waals surface area contributed by atoms with E-state index in [1.807, 2.05) is 6.08 Å². The van der Waals surface area contributed by atoms with Crippen molar-refractivity contribution in [2.75, 3.05) is 13.2 Å². The van der Waals surface area contributed by atoms with E-state index < -0.39 is 78.5 Å². The zero-order valence-corrected chi connectivity index (χ0v) is 37.5. The summed E-state index contributed by atoms with van der Waals surface area (Å²) in [4.78, 5) is 13.1. The van der Waals surface area contributed by atoms with Crippen LogP contribution in [0.25, 0.3) is 0 Å². The van der Waals surface area contributed by atoms with E-state index in [0.717, 1.165) is 57.8 Å². The van der Waals surface area contributed by atoms with Gasteiger partial charge in [0.2, 0.25) is 5.91 Å². The Morgan fingerprint density at radius 2 is 1.12 bits per heavy atom. The molecule has 1 rings (SSSR count). The molecule has 0 aromatic heterocycles. The molecule has 8 atom stereocenters. The highest BCUT2D eigenvalue weighted by Gasteiger charge is 2.48. The van der Waals surface area contributed by atoms with E-state index in [4.69, 9.17) is 14.0 Å². The van der Waals surface area contributed by atoms with Crippen molar-refractivity contribution in [1.29, 1.82) is 0 Å². The van der Waals surface area contributed by atoms with Gasteiger partial charge >= 0.3 is 10.4 Å². The number of rotatable bonds is 39. The van der Waals surface area contributed by atoms with E-state index >= 15 is 0 Å². The summed E-state index contributed by atoms with van der Waals surface area (Å²) in [6, 6.07) is -1.12. The van der Waals surface area contributed by atoms with Crippen molar-refractivity contribution < 1.29 is 57.0 Å². The molecular weight excluding hydrogens is 779 g/mol. The molecule has 0 aromatic carbocycles. The molecule has 14 heteroatoms. The van der Waals surface area contributed by atoms with Crippen LogP contribution in [-0.2, 0) is 28.9 Å². The fourth-order valence-electron chi connectivity index (χ4n) is 7.34. The quantitative estimate of drug-likeness (QED) is 0.0179. The Balaban J connectivity index is 2.48. The molecular formula is C45H85NO12S. The minimum atomic E-state index is -5.11. The van der Waals surface area contributed by atoms with Crippen LogP contribution in [0.5, 0.6) is 0 Å². The van der Waals surface area contributed by atoms with Crippen molar-refractivity contribution in [3.8, 4) is 0 Å². The van der Waals surface area contributed by atoms with Crippen LogP contribution in [0.4, 0.5) is 0 Å². The van der Waals surface area contributed by atoms with Crippen LogP contribution in [0.3, 0.4) is 0 Å². The van der Waals surface area contributed by atoms with Crippen molar-refractivity contribution >= 4 is 16.3 Å². The third-order valence-corrected chi connectivity index (χ3v) is 11.5. The highest BCUT2D eigenvalue weighted by Crippen LogP contribution is 2.26. The Labute approximate surface area is 357 Å². The summed E-state index contributed by atoms with van der Waals surface area (Å²) in [5.74, 6) is -0.709. The molecule has 8 unspecified atom stereocenters. The minimum absolute atomic E-state index is 0.237. The second-order valence-corrected chi connectivity index (χ2v) is 17.5. The predicted octanol–water partition coefficient (Wildman–Crippen LogP) is 7.91. The summed E-state index contributed by atoms with van der Waals surface area (Å²) >= 11 is 0. The maximum Gasteiger partial charge on any atom is 0.397 e. The number of allylic oxidation sites excluding steroid dienone is 3. The lowest BCUT2D eigenvalue weighted by Crippen LogP contribution is -2.61. The molecule has 0 aromatic rings. The average Bonchev–Trinajstić information content (AvgIpc) is 3.20. The molecule has 0 radical (unpaired) electrons. The highest BCUT2D eigenvalue weighted by atomic mass is 32.3. The summed E-state index contributed by atoms with van der Waals surface area (Å²) in [5, 5.41) is 55.0. The van der Waals surface area contributed by atoms with Gasteiger partial charge in [0, 0.05) is 0 Å². The Kier molecular flexibility index (Phi) is 34.0. The molecule has 0 saturated carbocycles. The topological polar surface area (TPSA) is 212 Å². The number of unbranched alkanes of at least 4 members (excludes halogenated alkanes) is 24. The van der Waals surface area contributed by atoms with Crippen LogP contribution in [0.2, 0.25) is 0 Å². The normalized spacial score (nSPS) is 21.7. The van der Waals surface area contributed by atoms with Crippen LogP contribution in [0.1, 0.15) is 194 Å². The molecule has 59 heavy (non-hydrogen) atoms. The van der Waals surface area contributed by atoms with Gasteiger partial charge in [0.1, 0.15) is 30.5 Å². The van der Waals surface area contributed by atoms with Gasteiger partial charge in [0.05, 0.1) is 25.4 Å². The second-order valence-electron chi connectivity index (χ2n) is 16.5. The van der Waals surface area contributed by atoms with Crippen molar-refractivity contribution in [3.05, 3.63) is 24.3 Å². The number of amides is 1. The van der Waals surface area contributed by atoms with Crippen molar-refractivity contribution in [3.63, 3.8) is 0 Å². The SMILES string of the molecule is CCCCCCCCC/C=C/C(O)C(COC1OC(CO)C(O)C(OS(=O)(=O)O)C1O)NC(=O)C(O)CCCCCCCC/C=C\CCCCCCCCCCCCC. The van der Waals surface area contributed by atoms with Crippen LogP contribution in [0, 0.1) is 0 Å². The molecule has 1 heterocycles. The molecule has 13 nitrogen and oxygen atoms in total. The highest BCUT2D eigenvalue weighted by molar-refractivity contribution is 7.80. The van der Waals surface area contributed by atoms with Gasteiger partial charge in [-0.15, -0.1) is 0 Å². The predicted molar refractivity (Wildman–Crippen MR) is 233 cm³/mol. The lowest BCUT2D eigenvalue weighted by molar-refractivity contribution is -0.298. The molecule has 1 saturated heterocycles. The summed E-state index contributed by atoms with van der Waals surface area (Å²) in [5.41, 5.74) is 0. The fraction of sp³-hybridized carbons (Fsp3) is 0.889. The van der Waals surface area contributed by atoms with E-state index in [0.29, 0.717) is 12.8 Å². The van der Waals surface area contributed by atoms with Gasteiger partial charge in [-0.05, 0) is 44.9 Å². The van der Waals surface area contributed by atoms with Gasteiger partial charge in [-0.25, -0.2) is 4.18 Å². The monoisotopic (exact) mass is 864 g/mol. The van der Waals surface area contributed by atoms with E-state index in [2.05, 4.69) is 35.5 Å². The van der Waals surface area contributed by atoms with Gasteiger partial charge in [0.15, 0.2) is 6.29 Å². The number of ether oxygens (including phenoxy) is 2. The molecule has 1 aliphatic rings. The Morgan fingerprint density at radius 3 is 1.58 bits per heavy atom. The molecule has 1 aliphatic heterocycles. The summed E-state index contributed by atoms with van der Waals surface area (Å²) in [6.07, 6.45) is 28.6. The lowest BCUT2D eigenvalue weighted by Gasteiger charge is -2.41. The summed E-state index contributed by atoms with van der Waals surface area (Å²) < 4.78 is 47.4. The smallest absolute Gasteiger partial charge is 0.394 e. The first-order valence-corrected chi connectivity index (χ1v) is 24.7. The second kappa shape index (κ2) is 36.1. The number of hydrogen-bond acceptors (Lipinski definition) is 11. The maximum absolute atomic E-state index is 13.1. The zero-order chi connectivity index (χ0) is 43.6. The lowest BCUT2D eigenvalue weighted by atomic mass is 9.99. The van der Waals surface area contributed by atoms with Gasteiger partial charge in [0.25, 0.3) is 0 Å². The van der Waals surface area contributed by atoms with E-state index in [-0.39, 0.29) is 6.42 Å². The largest absolute Gasteiger partial charge is 0.397 e. The molecule has 0 bridgehead atoms. The maximum atomic E-state index is 13.1. The van der Waals surface area contributed by atoms with E-state index in [1.54, 1.807) is 0 Å². The summed E-state index contributed by atoms with van der Waals surface area (Å²) in [6.45, 7) is 3.17. The Morgan fingerprint density at radius 1 is 0.678 bits per heavy atom. The van der Waals surface area contributed by atoms with E-state index in [9.17, 15) is 38.7 Å². The third kappa shape index (κ3) is 28.7. The fourth-order valence-corrected chi connectivity index (χ4v) is 7.85. The van der Waals surface area contributed by atoms with Gasteiger partial charge in [-0.2, -0.15) is 8.42 Å². The van der Waals surface area contributed by atoms with Crippen LogP contribution < -0.4 is 5.32 Å². The minimum Gasteiger partial charge on any atom is -0.394 e. The third-order valence-electron chi connectivity index (χ3n) is 11.1. The van der Waals surface area contributed by atoms with Crippen molar-refractivity contribution in [2.24, 2.45) is 0 Å². The molecule has 0 aliphatic carbocycles. The molecule has 7 N–H and O–H groups in total. The molecule has 0 spiro atoms. The number of hydrogen-bond donors (Lipinski definition) is 7. The Hall–Kier alpha value is -1.46. The van der Waals surface area contributed by atoms with Gasteiger partial charge in [-0.3, -0.25) is 9.35 Å².